The number of halogens is 1. The maximum atomic E-state index is 4.18. The van der Waals surface area contributed by atoms with Gasteiger partial charge in [-0.15, -0.1) is 9.90 Å². The topological polar surface area (TPSA) is 43.6 Å². The van der Waals surface area contributed by atoms with Crippen LogP contribution in [0.5, 0.6) is 0 Å². The van der Waals surface area contributed by atoms with Crippen molar-refractivity contribution in [1.29, 1.82) is 0 Å². The van der Waals surface area contributed by atoms with Crippen molar-refractivity contribution in [2.24, 2.45) is 0 Å². The molecule has 2 rings (SSSR count). The minimum absolute atomic E-state index is 0.719. The van der Waals surface area contributed by atoms with E-state index in [1.165, 1.54) is 4.80 Å². The molecule has 5 heteroatoms. The molecule has 0 saturated carbocycles. The fourth-order valence-corrected chi connectivity index (χ4v) is 1.17. The Kier molecular flexibility index (Phi) is 2.10. The summed E-state index contributed by atoms with van der Waals surface area (Å²) in [6, 6.07) is 5.61. The monoisotopic (exact) mass is 238 g/mol. The molecule has 2 heterocycles. The number of hydrogen-bond acceptors (Lipinski definition) is 3. The van der Waals surface area contributed by atoms with Crippen LogP contribution in [0.1, 0.15) is 5.69 Å². The van der Waals surface area contributed by atoms with Crippen LogP contribution in [-0.2, 0) is 0 Å². The van der Waals surface area contributed by atoms with Crippen LogP contribution in [0.4, 0.5) is 0 Å². The first-order valence-corrected chi connectivity index (χ1v) is 4.57. The van der Waals surface area contributed by atoms with Crippen LogP contribution >= 0.6 is 15.9 Å². The van der Waals surface area contributed by atoms with Gasteiger partial charge in [-0.2, -0.15) is 5.10 Å². The Morgan fingerprint density at radius 2 is 2.15 bits per heavy atom. The number of aryl methyl sites for hydroxylation is 1. The summed E-state index contributed by atoms with van der Waals surface area (Å²) in [6.07, 6.45) is 1.71. The number of pyridine rings is 1. The molecule has 13 heavy (non-hydrogen) atoms. The summed E-state index contributed by atoms with van der Waals surface area (Å²) in [5.74, 6) is 0.719. The Morgan fingerprint density at radius 3 is 2.69 bits per heavy atom. The van der Waals surface area contributed by atoms with E-state index < -0.39 is 0 Å². The van der Waals surface area contributed by atoms with Crippen molar-refractivity contribution in [3.05, 3.63) is 34.7 Å². The van der Waals surface area contributed by atoms with E-state index in [2.05, 4.69) is 31.1 Å². The van der Waals surface area contributed by atoms with Gasteiger partial charge in [-0.05, 0) is 35.0 Å². The van der Waals surface area contributed by atoms with E-state index in [0.29, 0.717) is 0 Å². The Morgan fingerprint density at radius 1 is 1.31 bits per heavy atom. The number of hydrogen-bond donors (Lipinski definition) is 0. The zero-order valence-electron chi connectivity index (χ0n) is 6.98. The summed E-state index contributed by atoms with van der Waals surface area (Å²) >= 11 is 3.29. The molecule has 0 atom stereocenters. The van der Waals surface area contributed by atoms with E-state index in [-0.39, 0.29) is 0 Å². The zero-order valence-corrected chi connectivity index (χ0v) is 8.56. The van der Waals surface area contributed by atoms with Crippen LogP contribution in [-0.4, -0.2) is 20.0 Å². The van der Waals surface area contributed by atoms with Crippen LogP contribution in [0.3, 0.4) is 0 Å². The van der Waals surface area contributed by atoms with E-state index in [0.717, 1.165) is 16.1 Å². The third-order valence-corrected chi connectivity index (χ3v) is 2.31. The molecule has 66 valence electrons. The van der Waals surface area contributed by atoms with Gasteiger partial charge in [-0.1, -0.05) is 6.07 Å². The largest absolute Gasteiger partial charge is 0.236 e. The fourth-order valence-electron chi connectivity index (χ4n) is 0.936. The third kappa shape index (κ3) is 1.60. The zero-order chi connectivity index (χ0) is 9.26. The van der Waals surface area contributed by atoms with Gasteiger partial charge in [0.2, 0.25) is 0 Å². The van der Waals surface area contributed by atoms with Crippen molar-refractivity contribution >= 4 is 15.9 Å². The second kappa shape index (κ2) is 3.26. The Labute approximate surface area is 83.7 Å². The standard InChI is InChI=1S/C8H7BrN4/c1-6-8(9)12-13(11-6)7-4-2-3-5-10-7/h2-5H,1H3. The van der Waals surface area contributed by atoms with Gasteiger partial charge in [0.25, 0.3) is 0 Å². The predicted molar refractivity (Wildman–Crippen MR) is 51.6 cm³/mol. The normalized spacial score (nSPS) is 10.3. The summed E-state index contributed by atoms with van der Waals surface area (Å²) in [4.78, 5) is 5.62. The molecule has 0 radical (unpaired) electrons. The second-order valence-corrected chi connectivity index (χ2v) is 3.30. The molecule has 0 amide bonds. The van der Waals surface area contributed by atoms with Crippen LogP contribution in [0.15, 0.2) is 29.0 Å². The molecule has 0 aliphatic carbocycles. The second-order valence-electron chi connectivity index (χ2n) is 2.55. The molecule has 0 N–H and O–H groups in total. The Balaban J connectivity index is 2.48. The molecule has 0 aromatic carbocycles. The molecule has 2 aromatic heterocycles. The highest BCUT2D eigenvalue weighted by Crippen LogP contribution is 2.10. The first-order chi connectivity index (χ1) is 6.27. The molecular weight excluding hydrogens is 232 g/mol. The minimum Gasteiger partial charge on any atom is -0.236 e. The third-order valence-electron chi connectivity index (χ3n) is 1.58. The van der Waals surface area contributed by atoms with Crippen molar-refractivity contribution in [2.75, 3.05) is 0 Å². The van der Waals surface area contributed by atoms with Gasteiger partial charge in [0.1, 0.15) is 0 Å². The Hall–Kier alpha value is -1.23. The molecular formula is C8H7BrN4. The van der Waals surface area contributed by atoms with Gasteiger partial charge in [-0.3, -0.25) is 0 Å². The summed E-state index contributed by atoms with van der Waals surface area (Å²) < 4.78 is 0.748. The van der Waals surface area contributed by atoms with E-state index in [4.69, 9.17) is 0 Å². The van der Waals surface area contributed by atoms with Crippen molar-refractivity contribution in [3.8, 4) is 5.82 Å². The van der Waals surface area contributed by atoms with Crippen molar-refractivity contribution in [2.45, 2.75) is 6.92 Å². The van der Waals surface area contributed by atoms with E-state index >= 15 is 0 Å². The molecule has 0 unspecified atom stereocenters. The summed E-state index contributed by atoms with van der Waals surface area (Å²) in [5.41, 5.74) is 0.852. The van der Waals surface area contributed by atoms with Gasteiger partial charge in [0.15, 0.2) is 10.4 Å². The van der Waals surface area contributed by atoms with Gasteiger partial charge < -0.3 is 0 Å². The molecule has 4 nitrogen and oxygen atoms in total. The lowest BCUT2D eigenvalue weighted by Gasteiger charge is -1.94. The maximum Gasteiger partial charge on any atom is 0.174 e. The SMILES string of the molecule is Cc1nn(-c2ccccn2)nc1Br. The first-order valence-electron chi connectivity index (χ1n) is 3.78. The molecule has 0 spiro atoms. The lowest BCUT2D eigenvalue weighted by Crippen LogP contribution is -2.00. The molecule has 2 aromatic rings. The average molecular weight is 239 g/mol. The molecule has 0 aliphatic heterocycles. The highest BCUT2D eigenvalue weighted by atomic mass is 79.9. The highest BCUT2D eigenvalue weighted by molar-refractivity contribution is 9.10. The lowest BCUT2D eigenvalue weighted by molar-refractivity contribution is 0.721. The van der Waals surface area contributed by atoms with E-state index in [9.17, 15) is 0 Å². The summed E-state index contributed by atoms with van der Waals surface area (Å²) in [6.45, 7) is 1.89. The number of nitrogens with zero attached hydrogens (tertiary/aromatic N) is 4. The van der Waals surface area contributed by atoms with Crippen LogP contribution in [0.25, 0.3) is 5.82 Å². The number of aromatic nitrogens is 4. The van der Waals surface area contributed by atoms with Gasteiger partial charge in [0, 0.05) is 6.20 Å². The smallest absolute Gasteiger partial charge is 0.174 e. The quantitative estimate of drug-likeness (QED) is 0.761. The van der Waals surface area contributed by atoms with Gasteiger partial charge in [-0.25, -0.2) is 4.98 Å². The minimum atomic E-state index is 0.719. The molecule has 0 saturated heterocycles. The summed E-state index contributed by atoms with van der Waals surface area (Å²) in [5, 5.41) is 8.32. The average Bonchev–Trinajstić information content (AvgIpc) is 2.49. The highest BCUT2D eigenvalue weighted by Gasteiger charge is 2.04. The maximum absolute atomic E-state index is 4.18. The van der Waals surface area contributed by atoms with Gasteiger partial charge >= 0.3 is 0 Å². The van der Waals surface area contributed by atoms with Crippen molar-refractivity contribution in [3.63, 3.8) is 0 Å². The van der Waals surface area contributed by atoms with E-state index in [1.54, 1.807) is 6.20 Å². The predicted octanol–water partition coefficient (Wildman–Crippen LogP) is 1.73. The molecule has 0 aliphatic rings. The lowest BCUT2D eigenvalue weighted by atomic mass is 10.5. The Bertz CT molecular complexity index is 390. The fraction of sp³-hybridized carbons (Fsp3) is 0.125. The molecule has 0 fully saturated rings. The van der Waals surface area contributed by atoms with Crippen LogP contribution in [0.2, 0.25) is 0 Å². The summed E-state index contributed by atoms with van der Waals surface area (Å²) in [7, 11) is 0. The van der Waals surface area contributed by atoms with Crippen molar-refractivity contribution < 1.29 is 0 Å². The first kappa shape index (κ1) is 8.37. The van der Waals surface area contributed by atoms with Crippen LogP contribution < -0.4 is 0 Å². The van der Waals surface area contributed by atoms with Crippen molar-refractivity contribution in [1.82, 2.24) is 20.0 Å². The number of rotatable bonds is 1. The van der Waals surface area contributed by atoms with Gasteiger partial charge in [0.05, 0.1) is 5.69 Å². The molecule has 0 bridgehead atoms. The van der Waals surface area contributed by atoms with E-state index in [1.807, 2.05) is 25.1 Å². The van der Waals surface area contributed by atoms with Crippen LogP contribution in [0, 0.1) is 6.92 Å².